The molecule has 0 saturated carbocycles. The number of rotatable bonds is 6. The highest BCUT2D eigenvalue weighted by atomic mass is 16.5. The van der Waals surface area contributed by atoms with E-state index in [4.69, 9.17) is 10.5 Å². The van der Waals surface area contributed by atoms with Crippen LogP contribution in [0, 0.1) is 0 Å². The summed E-state index contributed by atoms with van der Waals surface area (Å²) in [5, 5.41) is 7.54. The second-order valence-corrected chi connectivity index (χ2v) is 6.13. The van der Waals surface area contributed by atoms with Crippen molar-refractivity contribution in [2.45, 2.75) is 6.54 Å². The van der Waals surface area contributed by atoms with Gasteiger partial charge in [0, 0.05) is 18.2 Å². The number of ether oxygens (including phenoxy) is 1. The highest BCUT2D eigenvalue weighted by Crippen LogP contribution is 2.22. The van der Waals surface area contributed by atoms with Gasteiger partial charge in [0.25, 0.3) is 5.91 Å². The van der Waals surface area contributed by atoms with E-state index >= 15 is 0 Å². The minimum absolute atomic E-state index is 0.343. The standard InChI is InChI=1S/C20H18N6O2/c1-28-18-9-6-15(11-23-18)22-10-13-2-4-14(5-3-13)17-8-7-16(19(21)27)20-24-12-25-26(17)20/h2-9,11-12,22H,10H2,1H3,(H2,21,27). The maximum absolute atomic E-state index is 11.6. The number of nitrogens with two attached hydrogens (primary N) is 1. The van der Waals surface area contributed by atoms with Crippen LogP contribution in [-0.4, -0.2) is 32.6 Å². The Morgan fingerprint density at radius 1 is 1.11 bits per heavy atom. The van der Waals surface area contributed by atoms with Crippen molar-refractivity contribution in [3.8, 4) is 17.1 Å². The van der Waals surface area contributed by atoms with Gasteiger partial charge < -0.3 is 15.8 Å². The van der Waals surface area contributed by atoms with Crippen LogP contribution in [0.15, 0.2) is 61.1 Å². The van der Waals surface area contributed by atoms with Crippen LogP contribution in [-0.2, 0) is 6.54 Å². The normalized spacial score (nSPS) is 10.8. The number of pyridine rings is 2. The van der Waals surface area contributed by atoms with E-state index in [-0.39, 0.29) is 0 Å². The molecule has 0 atom stereocenters. The van der Waals surface area contributed by atoms with Gasteiger partial charge in [-0.25, -0.2) is 14.5 Å². The molecule has 0 saturated heterocycles. The van der Waals surface area contributed by atoms with Crippen LogP contribution in [0.3, 0.4) is 0 Å². The van der Waals surface area contributed by atoms with E-state index in [2.05, 4.69) is 20.4 Å². The SMILES string of the molecule is COc1ccc(NCc2ccc(-c3ccc(C(N)=O)c4ncnn34)cc2)cn1. The molecular weight excluding hydrogens is 356 g/mol. The molecule has 4 aromatic rings. The minimum Gasteiger partial charge on any atom is -0.481 e. The first-order valence-corrected chi connectivity index (χ1v) is 8.61. The van der Waals surface area contributed by atoms with Crippen LogP contribution in [0.4, 0.5) is 5.69 Å². The van der Waals surface area contributed by atoms with Gasteiger partial charge in [-0.1, -0.05) is 24.3 Å². The van der Waals surface area contributed by atoms with Crippen LogP contribution in [0.1, 0.15) is 15.9 Å². The Hall–Kier alpha value is -3.94. The van der Waals surface area contributed by atoms with Crippen molar-refractivity contribution in [1.29, 1.82) is 0 Å². The molecule has 0 bridgehead atoms. The van der Waals surface area contributed by atoms with E-state index in [0.717, 1.165) is 22.5 Å². The number of amides is 1. The molecular formula is C20H18N6O2. The van der Waals surface area contributed by atoms with Gasteiger partial charge in [-0.05, 0) is 23.8 Å². The number of carbonyl (C=O) groups is 1. The van der Waals surface area contributed by atoms with Crippen molar-refractivity contribution in [1.82, 2.24) is 19.6 Å². The summed E-state index contributed by atoms with van der Waals surface area (Å²) in [6, 6.07) is 15.3. The zero-order chi connectivity index (χ0) is 19.5. The molecule has 0 spiro atoms. The summed E-state index contributed by atoms with van der Waals surface area (Å²) in [6.07, 6.45) is 3.14. The van der Waals surface area contributed by atoms with Crippen LogP contribution in [0.5, 0.6) is 5.88 Å². The first kappa shape index (κ1) is 17.5. The topological polar surface area (TPSA) is 107 Å². The summed E-state index contributed by atoms with van der Waals surface area (Å²) >= 11 is 0. The summed E-state index contributed by atoms with van der Waals surface area (Å²) in [5.74, 6) is 0.0516. The predicted molar refractivity (Wildman–Crippen MR) is 105 cm³/mol. The maximum Gasteiger partial charge on any atom is 0.252 e. The third-order valence-corrected chi connectivity index (χ3v) is 4.38. The Kier molecular flexibility index (Phi) is 4.59. The Balaban J connectivity index is 1.53. The molecule has 8 nitrogen and oxygen atoms in total. The zero-order valence-corrected chi connectivity index (χ0v) is 15.2. The summed E-state index contributed by atoms with van der Waals surface area (Å²) in [7, 11) is 1.59. The number of fused-ring (bicyclic) bond motifs is 1. The summed E-state index contributed by atoms with van der Waals surface area (Å²) in [4.78, 5) is 19.9. The predicted octanol–water partition coefficient (Wildman–Crippen LogP) is 2.51. The summed E-state index contributed by atoms with van der Waals surface area (Å²) in [5.41, 5.74) is 10.0. The molecule has 0 aliphatic rings. The molecule has 140 valence electrons. The van der Waals surface area contributed by atoms with Crippen LogP contribution in [0.2, 0.25) is 0 Å². The Morgan fingerprint density at radius 3 is 2.61 bits per heavy atom. The number of anilines is 1. The number of benzene rings is 1. The van der Waals surface area contributed by atoms with Crippen LogP contribution >= 0.6 is 0 Å². The first-order chi connectivity index (χ1) is 13.7. The quantitative estimate of drug-likeness (QED) is 0.537. The first-order valence-electron chi connectivity index (χ1n) is 8.61. The Labute approximate surface area is 161 Å². The third-order valence-electron chi connectivity index (χ3n) is 4.38. The molecule has 0 fully saturated rings. The molecule has 0 aliphatic heterocycles. The van der Waals surface area contributed by atoms with Gasteiger partial charge in [0.1, 0.15) is 6.33 Å². The number of nitrogens with one attached hydrogen (secondary N) is 1. The lowest BCUT2D eigenvalue weighted by Crippen LogP contribution is -2.13. The minimum atomic E-state index is -0.529. The number of carbonyl (C=O) groups excluding carboxylic acids is 1. The lowest BCUT2D eigenvalue weighted by atomic mass is 10.1. The van der Waals surface area contributed by atoms with Crippen molar-refractivity contribution in [3.05, 3.63) is 72.2 Å². The molecule has 4 rings (SSSR count). The fourth-order valence-electron chi connectivity index (χ4n) is 2.92. The fraction of sp³-hybridized carbons (Fsp3) is 0.100. The fourth-order valence-corrected chi connectivity index (χ4v) is 2.92. The molecule has 3 N–H and O–H groups in total. The maximum atomic E-state index is 11.6. The van der Waals surface area contributed by atoms with E-state index in [9.17, 15) is 4.79 Å². The number of aromatic nitrogens is 4. The van der Waals surface area contributed by atoms with Gasteiger partial charge in [0.2, 0.25) is 5.88 Å². The highest BCUT2D eigenvalue weighted by Gasteiger charge is 2.13. The number of hydrogen-bond acceptors (Lipinski definition) is 6. The van der Waals surface area contributed by atoms with Gasteiger partial charge in [0.05, 0.1) is 30.3 Å². The molecule has 1 aromatic carbocycles. The van der Waals surface area contributed by atoms with E-state index in [1.54, 1.807) is 23.9 Å². The molecule has 0 radical (unpaired) electrons. The molecule has 0 aliphatic carbocycles. The van der Waals surface area contributed by atoms with E-state index < -0.39 is 5.91 Å². The van der Waals surface area contributed by atoms with Crippen molar-refractivity contribution in [2.24, 2.45) is 5.73 Å². The van der Waals surface area contributed by atoms with Gasteiger partial charge in [-0.15, -0.1) is 0 Å². The number of primary amides is 1. The number of methoxy groups -OCH3 is 1. The van der Waals surface area contributed by atoms with E-state index in [1.165, 1.54) is 6.33 Å². The number of nitrogens with zero attached hydrogens (tertiary/aromatic N) is 4. The molecule has 28 heavy (non-hydrogen) atoms. The van der Waals surface area contributed by atoms with E-state index in [0.29, 0.717) is 23.6 Å². The van der Waals surface area contributed by atoms with Gasteiger partial charge in [-0.2, -0.15) is 5.10 Å². The monoisotopic (exact) mass is 374 g/mol. The Morgan fingerprint density at radius 2 is 1.93 bits per heavy atom. The molecule has 3 aromatic heterocycles. The van der Waals surface area contributed by atoms with Crippen LogP contribution < -0.4 is 15.8 Å². The molecule has 1 amide bonds. The van der Waals surface area contributed by atoms with E-state index in [1.807, 2.05) is 42.5 Å². The summed E-state index contributed by atoms with van der Waals surface area (Å²) in [6.45, 7) is 0.660. The molecule has 0 unspecified atom stereocenters. The third kappa shape index (κ3) is 3.35. The zero-order valence-electron chi connectivity index (χ0n) is 15.2. The average Bonchev–Trinajstić information content (AvgIpc) is 3.22. The molecule has 8 heteroatoms. The number of hydrogen-bond donors (Lipinski definition) is 2. The highest BCUT2D eigenvalue weighted by molar-refractivity contribution is 5.99. The largest absolute Gasteiger partial charge is 0.481 e. The Bertz CT molecular complexity index is 1120. The lowest BCUT2D eigenvalue weighted by Gasteiger charge is -2.09. The van der Waals surface area contributed by atoms with Crippen molar-refractivity contribution < 1.29 is 9.53 Å². The summed E-state index contributed by atoms with van der Waals surface area (Å²) < 4.78 is 6.68. The average molecular weight is 374 g/mol. The molecule has 3 heterocycles. The van der Waals surface area contributed by atoms with Crippen molar-refractivity contribution in [3.63, 3.8) is 0 Å². The van der Waals surface area contributed by atoms with Gasteiger partial charge in [0.15, 0.2) is 5.65 Å². The van der Waals surface area contributed by atoms with Crippen LogP contribution in [0.25, 0.3) is 16.9 Å². The lowest BCUT2D eigenvalue weighted by molar-refractivity contribution is 0.100. The van der Waals surface area contributed by atoms with Crippen molar-refractivity contribution in [2.75, 3.05) is 12.4 Å². The second-order valence-electron chi connectivity index (χ2n) is 6.13. The van der Waals surface area contributed by atoms with Crippen molar-refractivity contribution >= 4 is 17.2 Å². The van der Waals surface area contributed by atoms with Gasteiger partial charge in [-0.3, -0.25) is 4.79 Å². The second kappa shape index (κ2) is 7.36. The smallest absolute Gasteiger partial charge is 0.252 e. The van der Waals surface area contributed by atoms with Gasteiger partial charge >= 0.3 is 0 Å².